The first-order valence-corrected chi connectivity index (χ1v) is 17.4. The summed E-state index contributed by atoms with van der Waals surface area (Å²) in [5.74, 6) is 1.05. The van der Waals surface area contributed by atoms with Crippen LogP contribution in [-0.4, -0.2) is 44.6 Å². The molecule has 0 fully saturated rings. The van der Waals surface area contributed by atoms with E-state index in [2.05, 4.69) is 31.9 Å². The summed E-state index contributed by atoms with van der Waals surface area (Å²) < 4.78 is 9.90. The minimum absolute atomic E-state index is 0.428. The van der Waals surface area contributed by atoms with Crippen LogP contribution in [0, 0.1) is 34.6 Å². The zero-order chi connectivity index (χ0) is 42.6. The predicted molar refractivity (Wildman–Crippen MR) is 222 cm³/mol. The lowest BCUT2D eigenvalue weighted by Gasteiger charge is -2.02. The van der Waals surface area contributed by atoms with Crippen molar-refractivity contribution in [1.82, 2.24) is 0 Å². The van der Waals surface area contributed by atoms with E-state index in [1.807, 2.05) is 89.2 Å². The molecule has 5 rings (SSSR count). The predicted octanol–water partition coefficient (Wildman–Crippen LogP) is 11.0. The summed E-state index contributed by atoms with van der Waals surface area (Å²) in [6.07, 6.45) is 8.40. The molecule has 0 saturated heterocycles. The molecule has 0 bridgehead atoms. The monoisotopic (exact) mass is 787 g/mol. The molecule has 0 aliphatic heterocycles. The molecule has 0 saturated carbocycles. The summed E-state index contributed by atoms with van der Waals surface area (Å²) in [6.45, 7) is 11.9. The second-order valence-electron chi connectivity index (χ2n) is 11.6. The van der Waals surface area contributed by atoms with Gasteiger partial charge in [0.25, 0.3) is 0 Å². The van der Waals surface area contributed by atoms with Crippen LogP contribution in [0.15, 0.2) is 122 Å². The largest absolute Gasteiger partial charge is 0.494 e. The smallest absolute Gasteiger partial charge is 0.240 e. The van der Waals surface area contributed by atoms with Gasteiger partial charge in [-0.05, 0) is 135 Å². The first kappa shape index (κ1) is 47.9. The fourth-order valence-electron chi connectivity index (χ4n) is 4.54. The third kappa shape index (κ3) is 19.2. The molecule has 0 amide bonds. The van der Waals surface area contributed by atoms with Gasteiger partial charge in [0, 0.05) is 11.1 Å². The molecule has 0 radical (unpaired) electrons. The first-order valence-electron chi connectivity index (χ1n) is 17.0. The topological polar surface area (TPSA) is 166 Å². The first-order chi connectivity index (χ1) is 27.4. The Bertz CT molecular complexity index is 2310. The van der Waals surface area contributed by atoms with Crippen LogP contribution in [0.3, 0.4) is 0 Å². The van der Waals surface area contributed by atoms with Gasteiger partial charge in [-0.3, -0.25) is 0 Å². The Hall–Kier alpha value is -7.11. The van der Waals surface area contributed by atoms with Crippen molar-refractivity contribution in [2.24, 2.45) is 25.0 Å². The van der Waals surface area contributed by atoms with Crippen LogP contribution in [0.25, 0.3) is 0 Å². The van der Waals surface area contributed by atoms with Crippen molar-refractivity contribution >= 4 is 70.4 Å². The van der Waals surface area contributed by atoms with Gasteiger partial charge in [-0.25, -0.2) is 24.0 Å². The Balaban J connectivity index is 0.000000356. The number of nitrogens with zero attached hydrogens (tertiary/aromatic N) is 5. The van der Waals surface area contributed by atoms with Gasteiger partial charge < -0.3 is 9.47 Å². The van der Waals surface area contributed by atoms with E-state index in [0.717, 1.165) is 28.7 Å². The van der Waals surface area contributed by atoms with Crippen molar-refractivity contribution < 1.29 is 33.4 Å². The molecule has 0 aliphatic carbocycles. The highest BCUT2D eigenvalue weighted by atomic mass is 35.5. The van der Waals surface area contributed by atoms with Crippen molar-refractivity contribution in [2.45, 2.75) is 48.0 Å². The molecule has 0 aromatic heterocycles. The molecule has 0 N–H and O–H groups in total. The number of halogens is 1. The van der Waals surface area contributed by atoms with Gasteiger partial charge in [0.05, 0.1) is 31.3 Å². The van der Waals surface area contributed by atoms with Gasteiger partial charge in [0.1, 0.15) is 22.9 Å². The standard InChI is InChI=1S/C9H9NO2.3C9H9NO.C8H6ClNO2/c1-7-3-4-9(12-2)8(5-7)10-6-11;1-7-3-8(2)5-9(4-7)10-6-11;1-7-3-4-9(10-6-11)5-8(7)2;1-2-8-4-3-5-9(6-8)10-7-11;1-12-8-4-6(9)2-3-7(8)10-5-11/h3-5H,1-2H3;2*3-5H,1-2H3;3-6H,2H2,1H3;2-4H,1H3. The highest BCUT2D eigenvalue weighted by Crippen LogP contribution is 2.30. The second kappa shape index (κ2) is 27.5. The zero-order valence-electron chi connectivity index (χ0n) is 32.9. The Morgan fingerprint density at radius 1 is 0.491 bits per heavy atom. The summed E-state index contributed by atoms with van der Waals surface area (Å²) >= 11 is 5.68. The quantitative estimate of drug-likeness (QED) is 0.111. The van der Waals surface area contributed by atoms with E-state index in [-0.39, 0.29) is 0 Å². The highest BCUT2D eigenvalue weighted by molar-refractivity contribution is 6.30. The van der Waals surface area contributed by atoms with Gasteiger partial charge in [0.2, 0.25) is 30.4 Å². The van der Waals surface area contributed by atoms with Gasteiger partial charge >= 0.3 is 0 Å². The second-order valence-corrected chi connectivity index (χ2v) is 12.1. The number of hydrogen-bond donors (Lipinski definition) is 0. The number of hydrogen-bond acceptors (Lipinski definition) is 12. The summed E-state index contributed by atoms with van der Waals surface area (Å²) in [6, 6.07) is 29.1. The fraction of sp³-hybridized carbons (Fsp3) is 0.205. The van der Waals surface area contributed by atoms with Crippen molar-refractivity contribution in [3.05, 3.63) is 135 Å². The molecular weight excluding hydrogens is 746 g/mol. The van der Waals surface area contributed by atoms with Crippen LogP contribution < -0.4 is 9.47 Å². The number of carbonyl (C=O) groups excluding carboxylic acids is 5. The molecule has 0 aliphatic rings. The van der Waals surface area contributed by atoms with E-state index in [4.69, 9.17) is 21.1 Å². The molecule has 5 aromatic rings. The van der Waals surface area contributed by atoms with Gasteiger partial charge in [-0.1, -0.05) is 48.9 Å². The van der Waals surface area contributed by atoms with Crippen LogP contribution in [-0.2, 0) is 30.4 Å². The highest BCUT2D eigenvalue weighted by Gasteiger charge is 2.02. The maximum atomic E-state index is 10.0. The molecule has 57 heavy (non-hydrogen) atoms. The Labute approximate surface area is 337 Å². The number of benzene rings is 5. The molecule has 5 aromatic carbocycles. The van der Waals surface area contributed by atoms with E-state index in [9.17, 15) is 24.0 Å². The Morgan fingerprint density at radius 3 is 1.60 bits per heavy atom. The van der Waals surface area contributed by atoms with Crippen LogP contribution >= 0.6 is 11.6 Å². The summed E-state index contributed by atoms with van der Waals surface area (Å²) in [5.41, 5.74) is 9.75. The average molecular weight is 788 g/mol. The third-order valence-electron chi connectivity index (χ3n) is 7.35. The van der Waals surface area contributed by atoms with Crippen LogP contribution in [0.4, 0.5) is 28.4 Å². The molecule has 12 nitrogen and oxygen atoms in total. The summed E-state index contributed by atoms with van der Waals surface area (Å²) in [7, 11) is 3.02. The molecule has 0 unspecified atom stereocenters. The molecular formula is C44H42ClN5O7. The van der Waals surface area contributed by atoms with E-state index in [1.54, 1.807) is 42.5 Å². The Morgan fingerprint density at radius 2 is 1.05 bits per heavy atom. The SMILES string of the molecule is CCc1cccc(N=C=O)c1.COc1cc(Cl)ccc1N=C=O.COc1ccc(C)cc1N=C=O.Cc1cc(C)cc(N=C=O)c1.Cc1ccc(N=C=O)cc1C. The number of rotatable bonds is 8. The minimum atomic E-state index is 0.428. The fourth-order valence-corrected chi connectivity index (χ4v) is 4.71. The van der Waals surface area contributed by atoms with E-state index < -0.39 is 0 Å². The lowest BCUT2D eigenvalue weighted by molar-refractivity contribution is 0.416. The van der Waals surface area contributed by atoms with Crippen molar-refractivity contribution in [3.63, 3.8) is 0 Å². The molecule has 0 heterocycles. The lowest BCUT2D eigenvalue weighted by atomic mass is 10.1. The number of aliphatic imine (C=N–C) groups is 5. The number of isocyanates is 5. The summed E-state index contributed by atoms with van der Waals surface area (Å²) in [4.78, 5) is 67.1. The molecule has 292 valence electrons. The minimum Gasteiger partial charge on any atom is -0.494 e. The van der Waals surface area contributed by atoms with Gasteiger partial charge in [-0.2, -0.15) is 25.0 Å². The zero-order valence-corrected chi connectivity index (χ0v) is 33.7. The van der Waals surface area contributed by atoms with Crippen LogP contribution in [0.1, 0.15) is 40.3 Å². The summed E-state index contributed by atoms with van der Waals surface area (Å²) in [5, 5.41) is 0.539. The lowest BCUT2D eigenvalue weighted by Crippen LogP contribution is -1.83. The van der Waals surface area contributed by atoms with Gasteiger partial charge in [-0.15, -0.1) is 0 Å². The van der Waals surface area contributed by atoms with E-state index in [0.29, 0.717) is 45.0 Å². The van der Waals surface area contributed by atoms with Crippen molar-refractivity contribution in [2.75, 3.05) is 14.2 Å². The maximum absolute atomic E-state index is 10.0. The molecule has 0 atom stereocenters. The Kier molecular flexibility index (Phi) is 23.1. The normalized spacial score (nSPS) is 8.86. The number of methoxy groups -OCH3 is 2. The van der Waals surface area contributed by atoms with Crippen molar-refractivity contribution in [3.8, 4) is 11.5 Å². The average Bonchev–Trinajstić information content (AvgIpc) is 3.18. The number of ether oxygens (including phenoxy) is 2. The van der Waals surface area contributed by atoms with E-state index >= 15 is 0 Å². The molecule has 13 heteroatoms. The van der Waals surface area contributed by atoms with Crippen LogP contribution in [0.2, 0.25) is 5.02 Å². The van der Waals surface area contributed by atoms with Crippen LogP contribution in [0.5, 0.6) is 11.5 Å². The van der Waals surface area contributed by atoms with Gasteiger partial charge in [0.15, 0.2) is 0 Å². The molecule has 0 spiro atoms. The maximum Gasteiger partial charge on any atom is 0.240 e. The van der Waals surface area contributed by atoms with Crippen molar-refractivity contribution in [1.29, 1.82) is 0 Å². The third-order valence-corrected chi connectivity index (χ3v) is 7.58. The number of aryl methyl sites for hydroxylation is 6. The van der Waals surface area contributed by atoms with E-state index in [1.165, 1.54) is 55.7 Å².